The SMILES string of the molecule is CCC(CNCc1ccc(F)cc1)C(=O)OC. The van der Waals surface area contributed by atoms with Crippen molar-refractivity contribution in [2.75, 3.05) is 13.7 Å². The summed E-state index contributed by atoms with van der Waals surface area (Å²) in [5, 5.41) is 3.16. The summed E-state index contributed by atoms with van der Waals surface area (Å²) in [5.74, 6) is -0.561. The lowest BCUT2D eigenvalue weighted by molar-refractivity contribution is -0.145. The molecule has 1 aromatic carbocycles. The van der Waals surface area contributed by atoms with Gasteiger partial charge in [0.1, 0.15) is 5.82 Å². The fourth-order valence-electron chi connectivity index (χ4n) is 1.55. The molecule has 1 atom stereocenters. The van der Waals surface area contributed by atoms with Crippen LogP contribution in [0.2, 0.25) is 0 Å². The molecule has 17 heavy (non-hydrogen) atoms. The number of halogens is 1. The summed E-state index contributed by atoms with van der Waals surface area (Å²) in [6, 6.07) is 6.30. The molecule has 3 nitrogen and oxygen atoms in total. The van der Waals surface area contributed by atoms with Gasteiger partial charge in [0.05, 0.1) is 13.0 Å². The van der Waals surface area contributed by atoms with Crippen molar-refractivity contribution in [2.45, 2.75) is 19.9 Å². The Bertz CT molecular complexity index is 351. The fraction of sp³-hybridized carbons (Fsp3) is 0.462. The second-order valence-electron chi connectivity index (χ2n) is 3.89. The van der Waals surface area contributed by atoms with E-state index < -0.39 is 0 Å². The van der Waals surface area contributed by atoms with E-state index in [0.717, 1.165) is 12.0 Å². The van der Waals surface area contributed by atoms with Crippen LogP contribution < -0.4 is 5.32 Å². The highest BCUT2D eigenvalue weighted by molar-refractivity contribution is 5.72. The van der Waals surface area contributed by atoms with Gasteiger partial charge in [-0.15, -0.1) is 0 Å². The van der Waals surface area contributed by atoms with Crippen molar-refractivity contribution in [2.24, 2.45) is 5.92 Å². The summed E-state index contributed by atoms with van der Waals surface area (Å²) in [6.07, 6.45) is 0.739. The number of ether oxygens (including phenoxy) is 1. The second-order valence-corrected chi connectivity index (χ2v) is 3.89. The van der Waals surface area contributed by atoms with Crippen LogP contribution in [0.4, 0.5) is 4.39 Å². The van der Waals surface area contributed by atoms with E-state index in [0.29, 0.717) is 13.1 Å². The standard InChI is InChI=1S/C13H18FNO2/c1-3-11(13(16)17-2)9-15-8-10-4-6-12(14)7-5-10/h4-7,11,15H,3,8-9H2,1-2H3. The average molecular weight is 239 g/mol. The maximum absolute atomic E-state index is 12.7. The Morgan fingerprint density at radius 1 is 1.41 bits per heavy atom. The largest absolute Gasteiger partial charge is 0.469 e. The van der Waals surface area contributed by atoms with Crippen LogP contribution in [-0.2, 0) is 16.1 Å². The van der Waals surface area contributed by atoms with Crippen LogP contribution in [0.1, 0.15) is 18.9 Å². The lowest BCUT2D eigenvalue weighted by Gasteiger charge is -2.13. The second kappa shape index (κ2) is 7.01. The van der Waals surface area contributed by atoms with E-state index in [1.807, 2.05) is 6.92 Å². The van der Waals surface area contributed by atoms with Gasteiger partial charge in [-0.3, -0.25) is 4.79 Å². The van der Waals surface area contributed by atoms with Gasteiger partial charge in [-0.25, -0.2) is 4.39 Å². The lowest BCUT2D eigenvalue weighted by Crippen LogP contribution is -2.28. The van der Waals surface area contributed by atoms with E-state index in [-0.39, 0.29) is 17.7 Å². The zero-order valence-corrected chi connectivity index (χ0v) is 10.2. The molecule has 1 N–H and O–H groups in total. The van der Waals surface area contributed by atoms with E-state index in [9.17, 15) is 9.18 Å². The van der Waals surface area contributed by atoms with E-state index in [1.165, 1.54) is 19.2 Å². The molecule has 0 saturated carbocycles. The third kappa shape index (κ3) is 4.53. The number of rotatable bonds is 6. The molecular weight excluding hydrogens is 221 g/mol. The number of methoxy groups -OCH3 is 1. The molecule has 1 unspecified atom stereocenters. The molecular formula is C13H18FNO2. The number of nitrogens with one attached hydrogen (secondary N) is 1. The Morgan fingerprint density at radius 3 is 2.59 bits per heavy atom. The minimum absolute atomic E-state index is 0.125. The summed E-state index contributed by atoms with van der Waals surface area (Å²) < 4.78 is 17.4. The van der Waals surface area contributed by atoms with Crippen molar-refractivity contribution in [1.82, 2.24) is 5.32 Å². The predicted octanol–water partition coefficient (Wildman–Crippen LogP) is 2.11. The molecule has 0 aliphatic rings. The highest BCUT2D eigenvalue weighted by atomic mass is 19.1. The van der Waals surface area contributed by atoms with Crippen LogP contribution in [-0.4, -0.2) is 19.6 Å². The Labute approximate surface area is 101 Å². The molecule has 0 amide bonds. The first-order chi connectivity index (χ1) is 8.17. The fourth-order valence-corrected chi connectivity index (χ4v) is 1.55. The van der Waals surface area contributed by atoms with Crippen molar-refractivity contribution in [3.63, 3.8) is 0 Å². The van der Waals surface area contributed by atoms with Crippen molar-refractivity contribution in [3.05, 3.63) is 35.6 Å². The van der Waals surface area contributed by atoms with Gasteiger partial charge >= 0.3 is 5.97 Å². The highest BCUT2D eigenvalue weighted by Gasteiger charge is 2.15. The van der Waals surface area contributed by atoms with Crippen LogP contribution in [0.25, 0.3) is 0 Å². The van der Waals surface area contributed by atoms with Gasteiger partial charge in [0.2, 0.25) is 0 Å². The van der Waals surface area contributed by atoms with Crippen LogP contribution in [0.5, 0.6) is 0 Å². The van der Waals surface area contributed by atoms with Crippen LogP contribution in [0.3, 0.4) is 0 Å². The van der Waals surface area contributed by atoms with Gasteiger partial charge in [0, 0.05) is 13.1 Å². The Balaban J connectivity index is 2.36. The van der Waals surface area contributed by atoms with Gasteiger partial charge < -0.3 is 10.1 Å². The molecule has 0 radical (unpaired) electrons. The molecule has 0 saturated heterocycles. The van der Waals surface area contributed by atoms with E-state index in [1.54, 1.807) is 12.1 Å². The van der Waals surface area contributed by atoms with E-state index >= 15 is 0 Å². The minimum atomic E-state index is -0.241. The van der Waals surface area contributed by atoms with Gasteiger partial charge in [-0.2, -0.15) is 0 Å². The molecule has 0 fully saturated rings. The smallest absolute Gasteiger partial charge is 0.309 e. The van der Waals surface area contributed by atoms with Gasteiger partial charge in [-0.1, -0.05) is 19.1 Å². The molecule has 4 heteroatoms. The number of carbonyl (C=O) groups excluding carboxylic acids is 1. The number of hydrogen-bond acceptors (Lipinski definition) is 3. The monoisotopic (exact) mass is 239 g/mol. The van der Waals surface area contributed by atoms with Crippen LogP contribution >= 0.6 is 0 Å². The van der Waals surface area contributed by atoms with E-state index in [2.05, 4.69) is 5.32 Å². The summed E-state index contributed by atoms with van der Waals surface area (Å²) in [4.78, 5) is 11.3. The number of carbonyl (C=O) groups is 1. The maximum Gasteiger partial charge on any atom is 0.309 e. The lowest BCUT2D eigenvalue weighted by atomic mass is 10.1. The van der Waals surface area contributed by atoms with Gasteiger partial charge in [0.25, 0.3) is 0 Å². The third-order valence-electron chi connectivity index (χ3n) is 2.66. The third-order valence-corrected chi connectivity index (χ3v) is 2.66. The summed E-state index contributed by atoms with van der Waals surface area (Å²) in [5.41, 5.74) is 0.992. The molecule has 0 spiro atoms. The summed E-state index contributed by atoms with van der Waals surface area (Å²) in [7, 11) is 1.39. The highest BCUT2D eigenvalue weighted by Crippen LogP contribution is 2.05. The van der Waals surface area contributed by atoms with Crippen LogP contribution in [0, 0.1) is 11.7 Å². The number of hydrogen-bond donors (Lipinski definition) is 1. The molecule has 0 aliphatic carbocycles. The Kier molecular flexibility index (Phi) is 5.63. The summed E-state index contributed by atoms with van der Waals surface area (Å²) >= 11 is 0. The molecule has 0 bridgehead atoms. The molecule has 0 heterocycles. The quantitative estimate of drug-likeness (QED) is 0.773. The zero-order valence-electron chi connectivity index (χ0n) is 10.2. The number of benzene rings is 1. The average Bonchev–Trinajstić information content (AvgIpc) is 2.36. The minimum Gasteiger partial charge on any atom is -0.469 e. The van der Waals surface area contributed by atoms with Crippen LogP contribution in [0.15, 0.2) is 24.3 Å². The van der Waals surface area contributed by atoms with E-state index in [4.69, 9.17) is 4.74 Å². The first kappa shape index (κ1) is 13.6. The molecule has 94 valence electrons. The van der Waals surface area contributed by atoms with Crippen molar-refractivity contribution >= 4 is 5.97 Å². The Hall–Kier alpha value is -1.42. The first-order valence-corrected chi connectivity index (χ1v) is 5.70. The normalized spacial score (nSPS) is 12.2. The molecule has 1 aromatic rings. The predicted molar refractivity (Wildman–Crippen MR) is 63.9 cm³/mol. The maximum atomic E-state index is 12.7. The topological polar surface area (TPSA) is 38.3 Å². The molecule has 0 aromatic heterocycles. The zero-order chi connectivity index (χ0) is 12.7. The molecule has 0 aliphatic heterocycles. The molecule has 1 rings (SSSR count). The van der Waals surface area contributed by atoms with Crippen molar-refractivity contribution in [3.8, 4) is 0 Å². The summed E-state index contributed by atoms with van der Waals surface area (Å²) in [6.45, 7) is 3.13. The Morgan fingerprint density at radius 2 is 2.06 bits per heavy atom. The van der Waals surface area contributed by atoms with Gasteiger partial charge in [0.15, 0.2) is 0 Å². The number of esters is 1. The van der Waals surface area contributed by atoms with Gasteiger partial charge in [-0.05, 0) is 24.1 Å². The van der Waals surface area contributed by atoms with Crippen molar-refractivity contribution in [1.29, 1.82) is 0 Å². The van der Waals surface area contributed by atoms with Crippen molar-refractivity contribution < 1.29 is 13.9 Å². The first-order valence-electron chi connectivity index (χ1n) is 5.70.